The molecule has 1 rings (SSSR count). The molecule has 0 saturated carbocycles. The molecule has 7 heteroatoms. The molecule has 1 fully saturated rings. The lowest BCUT2D eigenvalue weighted by Gasteiger charge is -2.09. The molecule has 1 saturated heterocycles. The van der Waals surface area contributed by atoms with Crippen molar-refractivity contribution >= 4 is 29.0 Å². The van der Waals surface area contributed by atoms with Gasteiger partial charge in [0.15, 0.2) is 0 Å². The quantitative estimate of drug-likeness (QED) is 0.416. The Kier molecular flexibility index (Phi) is 5.13. The molecule has 1 heterocycles. The SMILES string of the molecule is NC(=S)CNC(=O)C(=O)NCC1CCOC1. The van der Waals surface area contributed by atoms with Gasteiger partial charge in [0.1, 0.15) is 0 Å². The number of ether oxygens (including phenoxy) is 1. The van der Waals surface area contributed by atoms with Crippen molar-refractivity contribution in [3.63, 3.8) is 0 Å². The minimum atomic E-state index is -0.716. The summed E-state index contributed by atoms with van der Waals surface area (Å²) < 4.78 is 5.14. The third-order valence-electron chi connectivity index (χ3n) is 2.20. The van der Waals surface area contributed by atoms with Gasteiger partial charge < -0.3 is 21.1 Å². The Hall–Kier alpha value is -1.21. The molecule has 1 aliphatic heterocycles. The van der Waals surface area contributed by atoms with Crippen LogP contribution in [0.4, 0.5) is 0 Å². The van der Waals surface area contributed by atoms with Gasteiger partial charge in [-0.1, -0.05) is 12.2 Å². The Labute approximate surface area is 98.9 Å². The molecule has 0 aromatic carbocycles. The van der Waals surface area contributed by atoms with E-state index in [0.29, 0.717) is 25.7 Å². The van der Waals surface area contributed by atoms with Gasteiger partial charge in [-0.3, -0.25) is 9.59 Å². The molecule has 0 bridgehead atoms. The highest BCUT2D eigenvalue weighted by molar-refractivity contribution is 7.80. The van der Waals surface area contributed by atoms with Crippen LogP contribution >= 0.6 is 12.2 Å². The van der Waals surface area contributed by atoms with E-state index in [9.17, 15) is 9.59 Å². The van der Waals surface area contributed by atoms with Gasteiger partial charge in [-0.2, -0.15) is 0 Å². The van der Waals surface area contributed by atoms with Gasteiger partial charge in [0, 0.05) is 19.1 Å². The molecule has 4 N–H and O–H groups in total. The molecule has 1 atom stereocenters. The van der Waals surface area contributed by atoms with Gasteiger partial charge in [-0.05, 0) is 6.42 Å². The molecule has 90 valence electrons. The van der Waals surface area contributed by atoms with Crippen LogP contribution in [0, 0.1) is 5.92 Å². The Morgan fingerprint density at radius 2 is 2.06 bits per heavy atom. The number of carbonyl (C=O) groups is 2. The van der Waals surface area contributed by atoms with Gasteiger partial charge in [0.25, 0.3) is 0 Å². The van der Waals surface area contributed by atoms with E-state index in [0.717, 1.165) is 6.42 Å². The van der Waals surface area contributed by atoms with Crippen molar-refractivity contribution < 1.29 is 14.3 Å². The summed E-state index contributed by atoms with van der Waals surface area (Å²) in [7, 11) is 0. The van der Waals surface area contributed by atoms with Crippen molar-refractivity contribution in [2.45, 2.75) is 6.42 Å². The summed E-state index contributed by atoms with van der Waals surface area (Å²) in [6.07, 6.45) is 0.911. The Bertz CT molecular complexity index is 290. The lowest BCUT2D eigenvalue weighted by Crippen LogP contribution is -2.44. The molecule has 1 unspecified atom stereocenters. The van der Waals surface area contributed by atoms with Crippen LogP contribution in [0.2, 0.25) is 0 Å². The fourth-order valence-corrected chi connectivity index (χ4v) is 1.38. The number of nitrogens with one attached hydrogen (secondary N) is 2. The van der Waals surface area contributed by atoms with E-state index in [2.05, 4.69) is 22.9 Å². The molecule has 0 spiro atoms. The van der Waals surface area contributed by atoms with Crippen molar-refractivity contribution in [2.24, 2.45) is 11.7 Å². The highest BCUT2D eigenvalue weighted by atomic mass is 32.1. The first-order valence-corrected chi connectivity index (χ1v) is 5.42. The maximum Gasteiger partial charge on any atom is 0.309 e. The van der Waals surface area contributed by atoms with Crippen LogP contribution in [0.1, 0.15) is 6.42 Å². The van der Waals surface area contributed by atoms with Crippen LogP contribution in [0.15, 0.2) is 0 Å². The lowest BCUT2D eigenvalue weighted by atomic mass is 10.1. The first kappa shape index (κ1) is 12.9. The number of thiocarbonyl (C=S) groups is 1. The van der Waals surface area contributed by atoms with Gasteiger partial charge in [0.05, 0.1) is 18.1 Å². The van der Waals surface area contributed by atoms with Crippen molar-refractivity contribution in [1.29, 1.82) is 0 Å². The van der Waals surface area contributed by atoms with Crippen LogP contribution in [0.5, 0.6) is 0 Å². The van der Waals surface area contributed by atoms with Crippen LogP contribution in [0.3, 0.4) is 0 Å². The smallest absolute Gasteiger partial charge is 0.309 e. The second-order valence-corrected chi connectivity index (χ2v) is 4.11. The van der Waals surface area contributed by atoms with Crippen molar-refractivity contribution in [3.8, 4) is 0 Å². The molecular formula is C9H15N3O3S. The number of rotatable bonds is 4. The average Bonchev–Trinajstić information content (AvgIpc) is 2.75. The standard InChI is InChI=1S/C9H15N3O3S/c10-7(16)4-12-9(14)8(13)11-3-6-1-2-15-5-6/h6H,1-5H2,(H2,10,16)(H,11,13)(H,12,14). The van der Waals surface area contributed by atoms with E-state index in [1.54, 1.807) is 0 Å². The van der Waals surface area contributed by atoms with E-state index < -0.39 is 11.8 Å². The maximum absolute atomic E-state index is 11.3. The molecule has 6 nitrogen and oxygen atoms in total. The third-order valence-corrected chi connectivity index (χ3v) is 2.35. The highest BCUT2D eigenvalue weighted by Gasteiger charge is 2.18. The van der Waals surface area contributed by atoms with Crippen LogP contribution in [-0.4, -0.2) is 43.1 Å². The number of hydrogen-bond donors (Lipinski definition) is 3. The van der Waals surface area contributed by atoms with Crippen LogP contribution < -0.4 is 16.4 Å². The monoisotopic (exact) mass is 245 g/mol. The third kappa shape index (κ3) is 4.54. The molecule has 16 heavy (non-hydrogen) atoms. The number of amides is 2. The summed E-state index contributed by atoms with van der Waals surface area (Å²) >= 11 is 4.57. The zero-order chi connectivity index (χ0) is 12.0. The first-order valence-electron chi connectivity index (χ1n) is 5.01. The summed E-state index contributed by atoms with van der Waals surface area (Å²) in [5.74, 6) is -1.08. The van der Waals surface area contributed by atoms with E-state index in [-0.39, 0.29) is 11.5 Å². The van der Waals surface area contributed by atoms with Crippen molar-refractivity contribution in [1.82, 2.24) is 10.6 Å². The summed E-state index contributed by atoms with van der Waals surface area (Å²) in [6.45, 7) is 1.84. The zero-order valence-corrected chi connectivity index (χ0v) is 9.64. The largest absolute Gasteiger partial charge is 0.392 e. The number of carbonyl (C=O) groups excluding carboxylic acids is 2. The van der Waals surface area contributed by atoms with Gasteiger partial charge >= 0.3 is 11.8 Å². The zero-order valence-electron chi connectivity index (χ0n) is 8.82. The molecule has 0 aromatic heterocycles. The number of nitrogens with two attached hydrogens (primary N) is 1. The van der Waals surface area contributed by atoms with Crippen molar-refractivity contribution in [3.05, 3.63) is 0 Å². The second kappa shape index (κ2) is 6.39. The first-order chi connectivity index (χ1) is 7.59. The second-order valence-electron chi connectivity index (χ2n) is 3.59. The fraction of sp³-hybridized carbons (Fsp3) is 0.667. The topological polar surface area (TPSA) is 93.5 Å². The maximum atomic E-state index is 11.3. The molecule has 0 radical (unpaired) electrons. The fourth-order valence-electron chi connectivity index (χ4n) is 1.31. The molecule has 0 aromatic rings. The molecule has 1 aliphatic rings. The summed E-state index contributed by atoms with van der Waals surface area (Å²) in [5, 5.41) is 4.84. The normalized spacial score (nSPS) is 19.1. The van der Waals surface area contributed by atoms with Crippen molar-refractivity contribution in [2.75, 3.05) is 26.3 Å². The molecule has 2 amide bonds. The van der Waals surface area contributed by atoms with Gasteiger partial charge in [-0.15, -0.1) is 0 Å². The van der Waals surface area contributed by atoms with Crippen LogP contribution in [-0.2, 0) is 14.3 Å². The Balaban J connectivity index is 2.17. The summed E-state index contributed by atoms with van der Waals surface area (Å²) in [5.41, 5.74) is 5.18. The Morgan fingerprint density at radius 3 is 2.62 bits per heavy atom. The summed E-state index contributed by atoms with van der Waals surface area (Å²) in [4.78, 5) is 22.6. The number of hydrogen-bond acceptors (Lipinski definition) is 4. The highest BCUT2D eigenvalue weighted by Crippen LogP contribution is 2.10. The summed E-state index contributed by atoms with van der Waals surface area (Å²) in [6, 6.07) is 0. The van der Waals surface area contributed by atoms with E-state index in [4.69, 9.17) is 10.5 Å². The lowest BCUT2D eigenvalue weighted by molar-refractivity contribution is -0.139. The minimum absolute atomic E-state index is 0.0358. The Morgan fingerprint density at radius 1 is 1.38 bits per heavy atom. The minimum Gasteiger partial charge on any atom is -0.392 e. The van der Waals surface area contributed by atoms with E-state index >= 15 is 0 Å². The predicted molar refractivity (Wildman–Crippen MR) is 61.7 cm³/mol. The van der Waals surface area contributed by atoms with Gasteiger partial charge in [-0.25, -0.2) is 0 Å². The van der Waals surface area contributed by atoms with E-state index in [1.165, 1.54) is 0 Å². The van der Waals surface area contributed by atoms with Crippen LogP contribution in [0.25, 0.3) is 0 Å². The predicted octanol–water partition coefficient (Wildman–Crippen LogP) is -1.46. The van der Waals surface area contributed by atoms with E-state index in [1.807, 2.05) is 0 Å². The van der Waals surface area contributed by atoms with Gasteiger partial charge in [0.2, 0.25) is 0 Å². The molecule has 0 aliphatic carbocycles. The molecular weight excluding hydrogens is 230 g/mol. The average molecular weight is 245 g/mol.